The highest BCUT2D eigenvalue weighted by molar-refractivity contribution is 6.31. The van der Waals surface area contributed by atoms with Crippen LogP contribution in [0.4, 0.5) is 10.1 Å². The van der Waals surface area contributed by atoms with E-state index >= 15 is 0 Å². The summed E-state index contributed by atoms with van der Waals surface area (Å²) in [6, 6.07) is 11.1. The Hall–Kier alpha value is -1.84. The average molecular weight is 310 g/mol. The third-order valence-electron chi connectivity index (χ3n) is 2.46. The molecule has 102 valence electrons. The fraction of sp³-hybridized carbons (Fsp3) is 0. The van der Waals surface area contributed by atoms with E-state index < -0.39 is 5.82 Å². The lowest BCUT2D eigenvalue weighted by atomic mass is 10.2. The molecule has 2 rings (SSSR count). The van der Waals surface area contributed by atoms with E-state index in [1.54, 1.807) is 24.3 Å². The fourth-order valence-corrected chi connectivity index (χ4v) is 1.92. The molecule has 1 N–H and O–H groups in total. The largest absolute Gasteiger partial charge is 0.322 e. The summed E-state index contributed by atoms with van der Waals surface area (Å²) >= 11 is 11.5. The van der Waals surface area contributed by atoms with Crippen LogP contribution in [0.2, 0.25) is 10.0 Å². The van der Waals surface area contributed by atoms with Crippen molar-refractivity contribution in [2.24, 2.45) is 0 Å². The Balaban J connectivity index is 2.03. The molecule has 0 fully saturated rings. The van der Waals surface area contributed by atoms with Gasteiger partial charge in [-0.3, -0.25) is 4.79 Å². The number of nitrogens with one attached hydrogen (secondary N) is 1. The lowest BCUT2D eigenvalue weighted by molar-refractivity contribution is -0.111. The first-order chi connectivity index (χ1) is 9.54. The van der Waals surface area contributed by atoms with Crippen molar-refractivity contribution in [3.8, 4) is 0 Å². The highest BCUT2D eigenvalue weighted by Crippen LogP contribution is 2.19. The Morgan fingerprint density at radius 2 is 1.95 bits per heavy atom. The standard InChI is InChI=1S/C15H10Cl2FNO/c16-11-3-1-2-10(8-11)4-7-15(20)19-12-5-6-14(18)13(17)9-12/h1-9H,(H,19,20). The van der Waals surface area contributed by atoms with Gasteiger partial charge in [0.1, 0.15) is 5.82 Å². The minimum Gasteiger partial charge on any atom is -0.322 e. The smallest absolute Gasteiger partial charge is 0.248 e. The summed E-state index contributed by atoms with van der Waals surface area (Å²) in [5.74, 6) is -0.869. The van der Waals surface area contributed by atoms with Crippen molar-refractivity contribution in [1.82, 2.24) is 0 Å². The minimum atomic E-state index is -0.529. The van der Waals surface area contributed by atoms with Gasteiger partial charge in [-0.2, -0.15) is 0 Å². The molecule has 0 aromatic heterocycles. The molecule has 0 unspecified atom stereocenters. The molecule has 0 bridgehead atoms. The number of carbonyl (C=O) groups excluding carboxylic acids is 1. The van der Waals surface area contributed by atoms with E-state index in [0.717, 1.165) is 5.56 Å². The van der Waals surface area contributed by atoms with Crippen molar-refractivity contribution >= 4 is 40.9 Å². The first kappa shape index (κ1) is 14.6. The predicted octanol–water partition coefficient (Wildman–Crippen LogP) is 4.78. The van der Waals surface area contributed by atoms with Gasteiger partial charge in [-0.25, -0.2) is 4.39 Å². The van der Waals surface area contributed by atoms with Crippen LogP contribution in [0.25, 0.3) is 6.08 Å². The molecule has 20 heavy (non-hydrogen) atoms. The van der Waals surface area contributed by atoms with Gasteiger partial charge in [-0.1, -0.05) is 35.3 Å². The van der Waals surface area contributed by atoms with Crippen molar-refractivity contribution in [1.29, 1.82) is 0 Å². The first-order valence-corrected chi connectivity index (χ1v) is 6.50. The van der Waals surface area contributed by atoms with E-state index in [-0.39, 0.29) is 10.9 Å². The number of anilines is 1. The lowest BCUT2D eigenvalue weighted by Crippen LogP contribution is -2.07. The monoisotopic (exact) mass is 309 g/mol. The molecular weight excluding hydrogens is 300 g/mol. The molecule has 0 heterocycles. The van der Waals surface area contributed by atoms with Gasteiger partial charge in [0.15, 0.2) is 0 Å². The molecular formula is C15H10Cl2FNO. The van der Waals surface area contributed by atoms with E-state index in [9.17, 15) is 9.18 Å². The second-order valence-corrected chi connectivity index (χ2v) is 4.85. The minimum absolute atomic E-state index is 0.0402. The molecule has 0 aliphatic carbocycles. The normalized spacial score (nSPS) is 10.8. The Morgan fingerprint density at radius 1 is 1.15 bits per heavy atom. The summed E-state index contributed by atoms with van der Waals surface area (Å²) in [6.07, 6.45) is 3.00. The average Bonchev–Trinajstić information content (AvgIpc) is 2.41. The van der Waals surface area contributed by atoms with E-state index in [1.165, 1.54) is 24.3 Å². The van der Waals surface area contributed by atoms with Gasteiger partial charge in [0.2, 0.25) is 5.91 Å². The van der Waals surface area contributed by atoms with Crippen molar-refractivity contribution in [2.75, 3.05) is 5.32 Å². The van der Waals surface area contributed by atoms with Gasteiger partial charge in [-0.05, 0) is 42.0 Å². The molecule has 0 atom stereocenters. The number of hydrogen-bond acceptors (Lipinski definition) is 1. The second-order valence-electron chi connectivity index (χ2n) is 4.01. The van der Waals surface area contributed by atoms with E-state index in [0.29, 0.717) is 10.7 Å². The molecule has 2 nitrogen and oxygen atoms in total. The third kappa shape index (κ3) is 4.08. The zero-order valence-electron chi connectivity index (χ0n) is 10.2. The number of rotatable bonds is 3. The molecule has 0 aliphatic rings. The summed E-state index contributed by atoms with van der Waals surface area (Å²) in [4.78, 5) is 11.7. The summed E-state index contributed by atoms with van der Waals surface area (Å²) in [7, 11) is 0. The van der Waals surface area contributed by atoms with Crippen molar-refractivity contribution in [3.63, 3.8) is 0 Å². The molecule has 1 amide bonds. The van der Waals surface area contributed by atoms with Gasteiger partial charge in [0.05, 0.1) is 5.02 Å². The van der Waals surface area contributed by atoms with Crippen LogP contribution in [-0.2, 0) is 4.79 Å². The van der Waals surface area contributed by atoms with Crippen LogP contribution < -0.4 is 5.32 Å². The Labute approximate surface area is 125 Å². The molecule has 2 aromatic rings. The van der Waals surface area contributed by atoms with Crippen molar-refractivity contribution in [3.05, 3.63) is 70.0 Å². The molecule has 0 saturated carbocycles. The molecule has 0 saturated heterocycles. The highest BCUT2D eigenvalue weighted by atomic mass is 35.5. The molecule has 0 aliphatic heterocycles. The first-order valence-electron chi connectivity index (χ1n) is 5.74. The maximum Gasteiger partial charge on any atom is 0.248 e. The summed E-state index contributed by atoms with van der Waals surface area (Å²) in [6.45, 7) is 0. The van der Waals surface area contributed by atoms with Crippen LogP contribution in [0.1, 0.15) is 5.56 Å². The molecule has 0 radical (unpaired) electrons. The van der Waals surface area contributed by atoms with Crippen LogP contribution in [0.5, 0.6) is 0 Å². The van der Waals surface area contributed by atoms with Gasteiger partial charge in [0, 0.05) is 16.8 Å². The zero-order chi connectivity index (χ0) is 14.5. The van der Waals surface area contributed by atoms with Crippen molar-refractivity contribution in [2.45, 2.75) is 0 Å². The third-order valence-corrected chi connectivity index (χ3v) is 2.99. The quantitative estimate of drug-likeness (QED) is 0.812. The van der Waals surface area contributed by atoms with Crippen LogP contribution in [-0.4, -0.2) is 5.91 Å². The van der Waals surface area contributed by atoms with E-state index in [2.05, 4.69) is 5.32 Å². The fourth-order valence-electron chi connectivity index (χ4n) is 1.54. The maximum absolute atomic E-state index is 13.0. The van der Waals surface area contributed by atoms with Crippen LogP contribution >= 0.6 is 23.2 Å². The number of carbonyl (C=O) groups is 1. The topological polar surface area (TPSA) is 29.1 Å². The van der Waals surface area contributed by atoms with Crippen LogP contribution in [0, 0.1) is 5.82 Å². The highest BCUT2D eigenvalue weighted by Gasteiger charge is 2.02. The SMILES string of the molecule is O=C(C=Cc1cccc(Cl)c1)Nc1ccc(F)c(Cl)c1. The van der Waals surface area contributed by atoms with E-state index in [1.807, 2.05) is 6.07 Å². The number of benzene rings is 2. The van der Waals surface area contributed by atoms with Gasteiger partial charge in [0.25, 0.3) is 0 Å². The summed E-state index contributed by atoms with van der Waals surface area (Å²) in [5, 5.41) is 3.14. The zero-order valence-corrected chi connectivity index (χ0v) is 11.8. The molecule has 2 aromatic carbocycles. The Bertz CT molecular complexity index is 671. The number of amides is 1. The van der Waals surface area contributed by atoms with Crippen LogP contribution in [0.15, 0.2) is 48.5 Å². The van der Waals surface area contributed by atoms with Crippen LogP contribution in [0.3, 0.4) is 0 Å². The van der Waals surface area contributed by atoms with Gasteiger partial charge >= 0.3 is 0 Å². The molecule has 5 heteroatoms. The van der Waals surface area contributed by atoms with Crippen molar-refractivity contribution < 1.29 is 9.18 Å². The van der Waals surface area contributed by atoms with Gasteiger partial charge < -0.3 is 5.32 Å². The van der Waals surface area contributed by atoms with E-state index in [4.69, 9.17) is 23.2 Å². The Morgan fingerprint density at radius 3 is 2.65 bits per heavy atom. The maximum atomic E-state index is 13.0. The number of hydrogen-bond donors (Lipinski definition) is 1. The molecule has 0 spiro atoms. The second kappa shape index (κ2) is 6.55. The number of halogens is 3. The predicted molar refractivity (Wildman–Crippen MR) is 80.5 cm³/mol. The van der Waals surface area contributed by atoms with Gasteiger partial charge in [-0.15, -0.1) is 0 Å². The summed E-state index contributed by atoms with van der Waals surface area (Å²) < 4.78 is 13.0. The Kier molecular flexibility index (Phi) is 4.77. The lowest BCUT2D eigenvalue weighted by Gasteiger charge is -2.03. The summed E-state index contributed by atoms with van der Waals surface area (Å²) in [5.41, 5.74) is 1.24.